The molecule has 1 aromatic carbocycles. The number of pyridine rings is 1. The summed E-state index contributed by atoms with van der Waals surface area (Å²) in [6.45, 7) is 2.16. The third-order valence-electron chi connectivity index (χ3n) is 4.95. The molecule has 1 aliphatic carbocycles. The summed E-state index contributed by atoms with van der Waals surface area (Å²) in [6.07, 6.45) is 1.22. The molecule has 0 saturated carbocycles. The molecule has 8 nitrogen and oxygen atoms in total. The number of aromatic hydroxyl groups is 1. The van der Waals surface area contributed by atoms with Crippen LogP contribution < -0.4 is 10.6 Å². The van der Waals surface area contributed by atoms with Crippen LogP contribution in [0.15, 0.2) is 34.7 Å². The minimum absolute atomic E-state index is 0.128. The minimum Gasteiger partial charge on any atom is -0.508 e. The van der Waals surface area contributed by atoms with Gasteiger partial charge < -0.3 is 19.9 Å². The average molecular weight is 404 g/mol. The van der Waals surface area contributed by atoms with Crippen LogP contribution in [0.4, 0.5) is 10.6 Å². The molecule has 1 aliphatic rings. The molecule has 2 amide bonds. The summed E-state index contributed by atoms with van der Waals surface area (Å²) < 4.78 is 5.73. The summed E-state index contributed by atoms with van der Waals surface area (Å²) >= 11 is 0. The first-order valence-corrected chi connectivity index (χ1v) is 9.59. The van der Waals surface area contributed by atoms with E-state index in [0.29, 0.717) is 35.7 Å². The van der Waals surface area contributed by atoms with E-state index in [1.807, 2.05) is 6.92 Å². The van der Waals surface area contributed by atoms with Crippen molar-refractivity contribution in [3.8, 4) is 34.4 Å². The summed E-state index contributed by atoms with van der Waals surface area (Å²) in [5.74, 6) is 1.04. The lowest BCUT2D eigenvalue weighted by Gasteiger charge is -2.14. The van der Waals surface area contributed by atoms with Crippen LogP contribution in [-0.2, 0) is 13.0 Å². The van der Waals surface area contributed by atoms with Gasteiger partial charge in [0.15, 0.2) is 5.82 Å². The highest BCUT2D eigenvalue weighted by Crippen LogP contribution is 2.45. The maximum Gasteiger partial charge on any atom is 0.320 e. The number of furan rings is 1. The number of nitrogens with zero attached hydrogens (tertiary/aromatic N) is 2. The number of aliphatic hydroxyl groups is 1. The van der Waals surface area contributed by atoms with Gasteiger partial charge in [-0.15, -0.1) is 0 Å². The van der Waals surface area contributed by atoms with Crippen molar-refractivity contribution >= 4 is 11.8 Å². The van der Waals surface area contributed by atoms with Crippen molar-refractivity contribution in [1.82, 2.24) is 10.3 Å². The molecule has 2 aromatic heterocycles. The van der Waals surface area contributed by atoms with E-state index in [1.54, 1.807) is 30.3 Å². The zero-order valence-corrected chi connectivity index (χ0v) is 16.3. The number of carbonyl (C=O) groups is 1. The number of hydrogen-bond acceptors (Lipinski definition) is 6. The Kier molecular flexibility index (Phi) is 5.12. The van der Waals surface area contributed by atoms with Gasteiger partial charge in [0, 0.05) is 24.1 Å². The molecule has 0 aliphatic heterocycles. The monoisotopic (exact) mass is 404 g/mol. The third-order valence-corrected chi connectivity index (χ3v) is 4.95. The molecule has 0 spiro atoms. The number of phenolic OH excluding ortho intramolecular Hbond substituents is 1. The fraction of sp³-hybridized carbons (Fsp3) is 0.227. The van der Waals surface area contributed by atoms with Gasteiger partial charge >= 0.3 is 6.03 Å². The van der Waals surface area contributed by atoms with Crippen molar-refractivity contribution in [2.45, 2.75) is 26.4 Å². The lowest BCUT2D eigenvalue weighted by molar-refractivity contribution is 0.248. The largest absolute Gasteiger partial charge is 0.508 e. The number of rotatable bonds is 5. The number of carbonyl (C=O) groups excluding carboxylic acids is 1. The van der Waals surface area contributed by atoms with Crippen molar-refractivity contribution in [3.63, 3.8) is 0 Å². The van der Waals surface area contributed by atoms with Crippen LogP contribution in [0.1, 0.15) is 35.8 Å². The SMILES string of the molecule is CCCNC(=O)Nc1nc2c(c(-c3ccc(CO)o3)c1C#N)Cc1cc(O)ccc1-2. The second-order valence-electron chi connectivity index (χ2n) is 6.97. The molecule has 0 unspecified atom stereocenters. The number of urea groups is 1. The van der Waals surface area contributed by atoms with E-state index in [0.717, 1.165) is 23.1 Å². The maximum atomic E-state index is 12.3. The molecule has 4 N–H and O–H groups in total. The van der Waals surface area contributed by atoms with Crippen LogP contribution in [0.25, 0.3) is 22.6 Å². The molecule has 2 heterocycles. The van der Waals surface area contributed by atoms with E-state index < -0.39 is 6.03 Å². The van der Waals surface area contributed by atoms with Crippen LogP contribution in [-0.4, -0.2) is 27.8 Å². The Bertz CT molecular complexity index is 1180. The number of phenols is 1. The predicted octanol–water partition coefficient (Wildman–Crippen LogP) is 3.51. The van der Waals surface area contributed by atoms with E-state index in [-0.39, 0.29) is 23.7 Å². The number of benzene rings is 1. The number of fused-ring (bicyclic) bond motifs is 3. The van der Waals surface area contributed by atoms with Crippen molar-refractivity contribution in [2.24, 2.45) is 0 Å². The lowest BCUT2D eigenvalue weighted by Crippen LogP contribution is -2.30. The first kappa shape index (κ1) is 19.5. The summed E-state index contributed by atoms with van der Waals surface area (Å²) in [6, 6.07) is 10.0. The Morgan fingerprint density at radius 1 is 1.33 bits per heavy atom. The summed E-state index contributed by atoms with van der Waals surface area (Å²) in [7, 11) is 0. The second-order valence-corrected chi connectivity index (χ2v) is 6.97. The Morgan fingerprint density at radius 2 is 2.17 bits per heavy atom. The number of anilines is 1. The van der Waals surface area contributed by atoms with Gasteiger partial charge in [-0.2, -0.15) is 5.26 Å². The first-order chi connectivity index (χ1) is 14.5. The topological polar surface area (TPSA) is 131 Å². The number of hydrogen-bond donors (Lipinski definition) is 4. The molecule has 0 bridgehead atoms. The fourth-order valence-electron chi connectivity index (χ4n) is 3.62. The third kappa shape index (κ3) is 3.36. The fourth-order valence-corrected chi connectivity index (χ4v) is 3.62. The number of amides is 2. The minimum atomic E-state index is -0.453. The maximum absolute atomic E-state index is 12.3. The lowest BCUT2D eigenvalue weighted by atomic mass is 9.98. The van der Waals surface area contributed by atoms with Gasteiger partial charge in [0.05, 0.1) is 5.69 Å². The molecule has 30 heavy (non-hydrogen) atoms. The van der Waals surface area contributed by atoms with Gasteiger partial charge in [-0.1, -0.05) is 6.92 Å². The van der Waals surface area contributed by atoms with Gasteiger partial charge in [-0.25, -0.2) is 9.78 Å². The van der Waals surface area contributed by atoms with Crippen molar-refractivity contribution < 1.29 is 19.4 Å². The van der Waals surface area contributed by atoms with Gasteiger partial charge in [0.1, 0.15) is 35.5 Å². The zero-order valence-electron chi connectivity index (χ0n) is 16.3. The molecular formula is C22H20N4O4. The van der Waals surface area contributed by atoms with Crippen LogP contribution in [0.3, 0.4) is 0 Å². The number of nitrogens with one attached hydrogen (secondary N) is 2. The zero-order chi connectivity index (χ0) is 21.3. The highest BCUT2D eigenvalue weighted by atomic mass is 16.4. The normalized spacial score (nSPS) is 11.5. The van der Waals surface area contributed by atoms with Crippen LogP contribution in [0.2, 0.25) is 0 Å². The number of aromatic nitrogens is 1. The van der Waals surface area contributed by atoms with E-state index in [4.69, 9.17) is 4.42 Å². The Labute approximate surface area is 172 Å². The summed E-state index contributed by atoms with van der Waals surface area (Å²) in [4.78, 5) is 16.9. The highest BCUT2D eigenvalue weighted by molar-refractivity contribution is 5.94. The van der Waals surface area contributed by atoms with Crippen molar-refractivity contribution in [3.05, 3.63) is 52.8 Å². The summed E-state index contributed by atoms with van der Waals surface area (Å²) in [5.41, 5.74) is 3.76. The molecular weight excluding hydrogens is 384 g/mol. The smallest absolute Gasteiger partial charge is 0.320 e. The molecule has 0 radical (unpaired) electrons. The molecule has 0 saturated heterocycles. The van der Waals surface area contributed by atoms with Crippen molar-refractivity contribution in [1.29, 1.82) is 5.26 Å². The molecule has 4 rings (SSSR count). The van der Waals surface area contributed by atoms with E-state index >= 15 is 0 Å². The Morgan fingerprint density at radius 3 is 2.87 bits per heavy atom. The average Bonchev–Trinajstić information content (AvgIpc) is 3.35. The van der Waals surface area contributed by atoms with Gasteiger partial charge in [0.2, 0.25) is 0 Å². The predicted molar refractivity (Wildman–Crippen MR) is 110 cm³/mol. The first-order valence-electron chi connectivity index (χ1n) is 9.59. The quantitative estimate of drug-likeness (QED) is 0.402. The van der Waals surface area contributed by atoms with Gasteiger partial charge in [0.25, 0.3) is 0 Å². The molecule has 3 aromatic rings. The second kappa shape index (κ2) is 7.89. The van der Waals surface area contributed by atoms with E-state index in [9.17, 15) is 20.3 Å². The van der Waals surface area contributed by atoms with Gasteiger partial charge in [-0.3, -0.25) is 5.32 Å². The van der Waals surface area contributed by atoms with Crippen LogP contribution >= 0.6 is 0 Å². The molecule has 8 heteroatoms. The van der Waals surface area contributed by atoms with E-state index in [1.165, 1.54) is 0 Å². The number of nitriles is 1. The standard InChI is InChI=1S/C22H20N4O4/c1-2-7-24-22(29)26-21-17(10-23)19(18-6-4-14(11-27)30-18)16-9-12-8-13(28)3-5-15(12)20(16)25-21/h3-6,8,27-28H,2,7,9,11H2,1H3,(H2,24,25,26,29). The Balaban J connectivity index is 1.91. The van der Waals surface area contributed by atoms with E-state index in [2.05, 4.69) is 21.7 Å². The van der Waals surface area contributed by atoms with Crippen LogP contribution in [0.5, 0.6) is 5.75 Å². The summed E-state index contributed by atoms with van der Waals surface area (Å²) in [5, 5.41) is 34.5. The highest BCUT2D eigenvalue weighted by Gasteiger charge is 2.30. The Hall–Kier alpha value is -3.83. The number of aliphatic hydroxyl groups excluding tert-OH is 1. The van der Waals surface area contributed by atoms with Crippen LogP contribution in [0, 0.1) is 11.3 Å². The molecule has 152 valence electrons. The van der Waals surface area contributed by atoms with Crippen molar-refractivity contribution in [2.75, 3.05) is 11.9 Å². The molecule has 0 atom stereocenters. The van der Waals surface area contributed by atoms with Gasteiger partial charge in [-0.05, 0) is 47.9 Å². The molecule has 0 fully saturated rings.